The van der Waals surface area contributed by atoms with Crippen LogP contribution in [0, 0.1) is 0 Å². The first-order chi connectivity index (χ1) is 9.09. The van der Waals surface area contributed by atoms with Gasteiger partial charge in [0, 0.05) is 6.54 Å². The highest BCUT2D eigenvalue weighted by Crippen LogP contribution is 2.18. The molecule has 1 aliphatic heterocycles. The van der Waals surface area contributed by atoms with E-state index in [1.807, 2.05) is 30.3 Å². The van der Waals surface area contributed by atoms with Gasteiger partial charge in [0.15, 0.2) is 0 Å². The summed E-state index contributed by atoms with van der Waals surface area (Å²) >= 11 is 0. The lowest BCUT2D eigenvalue weighted by Crippen LogP contribution is -2.49. The molecule has 1 amide bonds. The van der Waals surface area contributed by atoms with E-state index in [0.29, 0.717) is 19.4 Å². The van der Waals surface area contributed by atoms with E-state index in [4.69, 9.17) is 10.8 Å². The van der Waals surface area contributed by atoms with Crippen LogP contribution in [0.1, 0.15) is 18.4 Å². The third kappa shape index (κ3) is 3.12. The molecule has 1 heterocycles. The van der Waals surface area contributed by atoms with Crippen LogP contribution in [0.3, 0.4) is 0 Å². The fourth-order valence-corrected chi connectivity index (χ4v) is 2.46. The molecule has 1 saturated heterocycles. The zero-order valence-electron chi connectivity index (χ0n) is 10.7. The van der Waals surface area contributed by atoms with E-state index >= 15 is 0 Å². The highest BCUT2D eigenvalue weighted by molar-refractivity contribution is 5.87. The molecular weight excluding hydrogens is 244 g/mol. The van der Waals surface area contributed by atoms with E-state index in [-0.39, 0.29) is 5.91 Å². The van der Waals surface area contributed by atoms with Crippen molar-refractivity contribution in [3.8, 4) is 0 Å². The topological polar surface area (TPSA) is 83.6 Å². The number of rotatable bonds is 4. The van der Waals surface area contributed by atoms with E-state index in [2.05, 4.69) is 0 Å². The van der Waals surface area contributed by atoms with Gasteiger partial charge in [-0.25, -0.2) is 4.79 Å². The number of amides is 1. The molecule has 19 heavy (non-hydrogen) atoms. The molecule has 0 radical (unpaired) electrons. The summed E-state index contributed by atoms with van der Waals surface area (Å²) in [6.45, 7) is 0.484. The Morgan fingerprint density at radius 3 is 2.68 bits per heavy atom. The standard InChI is InChI=1S/C14H18N2O3/c15-11(9-10-5-2-1-3-6-10)13(17)16-8-4-7-12(16)14(18)19/h1-3,5-6,11-12H,4,7-9,15H2,(H,18,19)/t11?,12-/m1/s1. The second-order valence-corrected chi connectivity index (χ2v) is 4.82. The van der Waals surface area contributed by atoms with Gasteiger partial charge in [0.2, 0.25) is 5.91 Å². The van der Waals surface area contributed by atoms with Crippen molar-refractivity contribution in [2.45, 2.75) is 31.3 Å². The van der Waals surface area contributed by atoms with Gasteiger partial charge >= 0.3 is 5.97 Å². The van der Waals surface area contributed by atoms with E-state index in [9.17, 15) is 9.59 Å². The lowest BCUT2D eigenvalue weighted by atomic mass is 10.1. The number of nitrogens with zero attached hydrogens (tertiary/aromatic N) is 1. The number of hydrogen-bond acceptors (Lipinski definition) is 3. The predicted molar refractivity (Wildman–Crippen MR) is 70.5 cm³/mol. The molecule has 1 aromatic carbocycles. The Morgan fingerprint density at radius 1 is 1.37 bits per heavy atom. The molecule has 3 N–H and O–H groups in total. The van der Waals surface area contributed by atoms with Crippen LogP contribution in [0.15, 0.2) is 30.3 Å². The number of benzene rings is 1. The third-order valence-corrected chi connectivity index (χ3v) is 3.44. The molecule has 0 aromatic heterocycles. The summed E-state index contributed by atoms with van der Waals surface area (Å²) in [5.74, 6) is -1.22. The highest BCUT2D eigenvalue weighted by atomic mass is 16.4. The second kappa shape index (κ2) is 5.84. The molecule has 102 valence electrons. The van der Waals surface area contributed by atoms with Gasteiger partial charge in [-0.15, -0.1) is 0 Å². The van der Waals surface area contributed by atoms with E-state index in [0.717, 1.165) is 12.0 Å². The van der Waals surface area contributed by atoms with Crippen LogP contribution >= 0.6 is 0 Å². The molecule has 2 rings (SSSR count). The van der Waals surface area contributed by atoms with Gasteiger partial charge in [0.1, 0.15) is 6.04 Å². The molecule has 0 spiro atoms. The molecule has 1 aromatic rings. The van der Waals surface area contributed by atoms with Gasteiger partial charge in [0.05, 0.1) is 6.04 Å². The summed E-state index contributed by atoms with van der Waals surface area (Å²) in [5.41, 5.74) is 6.89. The first-order valence-corrected chi connectivity index (χ1v) is 6.42. The zero-order chi connectivity index (χ0) is 13.8. The minimum atomic E-state index is -0.947. The normalized spacial score (nSPS) is 20.3. The molecule has 0 aliphatic carbocycles. The van der Waals surface area contributed by atoms with E-state index < -0.39 is 18.1 Å². The van der Waals surface area contributed by atoms with Crippen molar-refractivity contribution in [3.05, 3.63) is 35.9 Å². The smallest absolute Gasteiger partial charge is 0.326 e. The Morgan fingerprint density at radius 2 is 2.05 bits per heavy atom. The molecule has 1 aliphatic rings. The van der Waals surface area contributed by atoms with Gasteiger partial charge in [-0.05, 0) is 24.8 Å². The number of nitrogens with two attached hydrogens (primary N) is 1. The maximum absolute atomic E-state index is 12.2. The van der Waals surface area contributed by atoms with Crippen molar-refractivity contribution < 1.29 is 14.7 Å². The van der Waals surface area contributed by atoms with Crippen LogP contribution in [0.25, 0.3) is 0 Å². The Bertz CT molecular complexity index is 461. The van der Waals surface area contributed by atoms with E-state index in [1.165, 1.54) is 4.90 Å². The summed E-state index contributed by atoms with van der Waals surface area (Å²) in [6.07, 6.45) is 1.67. The quantitative estimate of drug-likeness (QED) is 0.833. The molecule has 5 nitrogen and oxygen atoms in total. The molecule has 0 bridgehead atoms. The average molecular weight is 262 g/mol. The zero-order valence-corrected chi connectivity index (χ0v) is 10.7. The third-order valence-electron chi connectivity index (χ3n) is 3.44. The summed E-state index contributed by atoms with van der Waals surface area (Å²) in [6, 6.07) is 8.11. The van der Waals surface area contributed by atoms with Crippen LogP contribution < -0.4 is 5.73 Å². The minimum absolute atomic E-state index is 0.270. The van der Waals surface area contributed by atoms with Gasteiger partial charge in [-0.3, -0.25) is 4.79 Å². The van der Waals surface area contributed by atoms with Crippen LogP contribution in [0.2, 0.25) is 0 Å². The SMILES string of the molecule is NC(Cc1ccccc1)C(=O)N1CCC[C@@H]1C(=O)O. The Balaban J connectivity index is 2.01. The minimum Gasteiger partial charge on any atom is -0.480 e. The summed E-state index contributed by atoms with van der Waals surface area (Å²) in [5, 5.41) is 9.07. The summed E-state index contributed by atoms with van der Waals surface area (Å²) in [4.78, 5) is 24.7. The fourth-order valence-electron chi connectivity index (χ4n) is 2.46. The van der Waals surface area contributed by atoms with Gasteiger partial charge < -0.3 is 15.7 Å². The first-order valence-electron chi connectivity index (χ1n) is 6.42. The fraction of sp³-hybridized carbons (Fsp3) is 0.429. The number of aliphatic carboxylic acids is 1. The van der Waals surface area contributed by atoms with Crippen molar-refractivity contribution in [1.82, 2.24) is 4.90 Å². The molecule has 5 heteroatoms. The number of carboxylic acid groups (broad SMARTS) is 1. The maximum Gasteiger partial charge on any atom is 0.326 e. The van der Waals surface area contributed by atoms with Crippen molar-refractivity contribution in [1.29, 1.82) is 0 Å². The Kier molecular flexibility index (Phi) is 4.16. The molecule has 0 saturated carbocycles. The first kappa shape index (κ1) is 13.5. The predicted octanol–water partition coefficient (Wildman–Crippen LogP) is 0.632. The average Bonchev–Trinajstić information content (AvgIpc) is 2.88. The van der Waals surface area contributed by atoms with Crippen molar-refractivity contribution in [2.75, 3.05) is 6.54 Å². The van der Waals surface area contributed by atoms with Crippen molar-refractivity contribution in [3.63, 3.8) is 0 Å². The van der Waals surface area contributed by atoms with Gasteiger partial charge in [-0.2, -0.15) is 0 Å². The maximum atomic E-state index is 12.2. The van der Waals surface area contributed by atoms with Gasteiger partial charge in [-0.1, -0.05) is 30.3 Å². The lowest BCUT2D eigenvalue weighted by molar-refractivity contribution is -0.148. The number of carbonyl (C=O) groups is 2. The van der Waals surface area contributed by atoms with Crippen molar-refractivity contribution in [2.24, 2.45) is 5.73 Å². The largest absolute Gasteiger partial charge is 0.480 e. The van der Waals surface area contributed by atoms with Crippen LogP contribution in [-0.4, -0.2) is 40.5 Å². The number of carboxylic acids is 1. The summed E-state index contributed by atoms with van der Waals surface area (Å²) < 4.78 is 0. The summed E-state index contributed by atoms with van der Waals surface area (Å²) in [7, 11) is 0. The van der Waals surface area contributed by atoms with Crippen LogP contribution in [0.4, 0.5) is 0 Å². The molecule has 2 atom stereocenters. The second-order valence-electron chi connectivity index (χ2n) is 4.82. The highest BCUT2D eigenvalue weighted by Gasteiger charge is 2.35. The lowest BCUT2D eigenvalue weighted by Gasteiger charge is -2.24. The molecule has 1 unspecified atom stereocenters. The van der Waals surface area contributed by atoms with Crippen molar-refractivity contribution >= 4 is 11.9 Å². The monoisotopic (exact) mass is 262 g/mol. The van der Waals surface area contributed by atoms with Gasteiger partial charge in [0.25, 0.3) is 0 Å². The number of likely N-dealkylation sites (tertiary alicyclic amines) is 1. The van der Waals surface area contributed by atoms with Crippen LogP contribution in [0.5, 0.6) is 0 Å². The van der Waals surface area contributed by atoms with Crippen LogP contribution in [-0.2, 0) is 16.0 Å². The molecule has 1 fully saturated rings. The Hall–Kier alpha value is -1.88. The number of carbonyl (C=O) groups excluding carboxylic acids is 1. The Labute approximate surface area is 112 Å². The molecular formula is C14H18N2O3. The van der Waals surface area contributed by atoms with E-state index in [1.54, 1.807) is 0 Å². The number of hydrogen-bond donors (Lipinski definition) is 2.